The van der Waals surface area contributed by atoms with Crippen molar-refractivity contribution in [1.82, 2.24) is 4.90 Å². The Balaban J connectivity index is 1.47. The van der Waals surface area contributed by atoms with Crippen molar-refractivity contribution >= 4 is 62.3 Å². The van der Waals surface area contributed by atoms with E-state index in [9.17, 15) is 22.8 Å². The van der Waals surface area contributed by atoms with Gasteiger partial charge in [0.2, 0.25) is 5.91 Å². The number of halogens is 1. The molecular formula is C26H21ClN2O7S2. The maximum atomic E-state index is 12.9. The summed E-state index contributed by atoms with van der Waals surface area (Å²) in [4.78, 5) is 37.6. The van der Waals surface area contributed by atoms with E-state index in [1.807, 2.05) is 0 Å². The Bertz CT molecular complexity index is 1520. The van der Waals surface area contributed by atoms with Gasteiger partial charge in [-0.15, -0.1) is 0 Å². The Hall–Kier alpha value is -3.80. The Kier molecular flexibility index (Phi) is 8.40. The largest absolute Gasteiger partial charge is 0.490 e. The normalized spacial score (nSPS) is 14.6. The minimum Gasteiger partial charge on any atom is -0.490 e. The van der Waals surface area contributed by atoms with E-state index in [-0.39, 0.29) is 34.6 Å². The molecular weight excluding hydrogens is 552 g/mol. The highest BCUT2D eigenvalue weighted by atomic mass is 35.5. The molecule has 9 nitrogen and oxygen atoms in total. The number of ether oxygens (including phenoxy) is 1. The van der Waals surface area contributed by atoms with Crippen LogP contribution >= 0.6 is 23.4 Å². The molecule has 1 heterocycles. The van der Waals surface area contributed by atoms with Crippen molar-refractivity contribution in [3.05, 3.63) is 88.3 Å². The van der Waals surface area contributed by atoms with Gasteiger partial charge in [-0.1, -0.05) is 41.9 Å². The van der Waals surface area contributed by atoms with Crippen LogP contribution < -0.4 is 14.2 Å². The minimum absolute atomic E-state index is 0.00817. The molecule has 12 heteroatoms. The first-order valence-electron chi connectivity index (χ1n) is 11.2. The molecule has 1 saturated heterocycles. The number of carbonyl (C=O) groups excluding carboxylic acids is 3. The number of para-hydroxylation sites is 2. The number of anilines is 1. The van der Waals surface area contributed by atoms with E-state index in [0.717, 1.165) is 16.7 Å². The van der Waals surface area contributed by atoms with Gasteiger partial charge in [0, 0.05) is 18.2 Å². The molecule has 3 aromatic rings. The number of imide groups is 1. The molecule has 0 aromatic heterocycles. The fourth-order valence-electron chi connectivity index (χ4n) is 3.39. The van der Waals surface area contributed by atoms with Crippen LogP contribution in [0.3, 0.4) is 0 Å². The number of hydrogen-bond donors (Lipinski definition) is 1. The average molecular weight is 573 g/mol. The van der Waals surface area contributed by atoms with Crippen LogP contribution in [0.5, 0.6) is 11.5 Å². The van der Waals surface area contributed by atoms with E-state index in [1.54, 1.807) is 42.5 Å². The van der Waals surface area contributed by atoms with Crippen LogP contribution in [0.15, 0.2) is 82.6 Å². The number of hydrogen-bond acceptors (Lipinski definition) is 8. The third-order valence-electron chi connectivity index (χ3n) is 5.15. The zero-order chi connectivity index (χ0) is 27.3. The number of rotatable bonds is 9. The SMILES string of the molecule is CC(=O)Nc1ccc(S(=O)(=O)Oc2ccccc2/C=C2\SC(=O)N(CCOc3ccccc3Cl)C2=O)cc1. The molecule has 1 N–H and O–H groups in total. The van der Waals surface area contributed by atoms with Crippen LogP contribution in [-0.2, 0) is 19.7 Å². The van der Waals surface area contributed by atoms with Crippen molar-refractivity contribution in [3.63, 3.8) is 0 Å². The molecule has 1 aliphatic heterocycles. The van der Waals surface area contributed by atoms with Crippen LogP contribution in [-0.4, -0.2) is 43.5 Å². The average Bonchev–Trinajstić information content (AvgIpc) is 3.13. The molecule has 3 amide bonds. The van der Waals surface area contributed by atoms with Crippen molar-refractivity contribution in [1.29, 1.82) is 0 Å². The summed E-state index contributed by atoms with van der Waals surface area (Å²) in [6.07, 6.45) is 1.41. The smallest absolute Gasteiger partial charge is 0.339 e. The molecule has 38 heavy (non-hydrogen) atoms. The number of carbonyl (C=O) groups is 3. The van der Waals surface area contributed by atoms with Crippen molar-refractivity contribution < 1.29 is 31.7 Å². The summed E-state index contributed by atoms with van der Waals surface area (Å²) in [5.74, 6) is -0.404. The number of thioether (sulfide) groups is 1. The van der Waals surface area contributed by atoms with Gasteiger partial charge in [-0.05, 0) is 60.3 Å². The van der Waals surface area contributed by atoms with Gasteiger partial charge in [0.15, 0.2) is 0 Å². The van der Waals surface area contributed by atoms with Gasteiger partial charge in [0.1, 0.15) is 23.0 Å². The van der Waals surface area contributed by atoms with E-state index < -0.39 is 21.3 Å². The summed E-state index contributed by atoms with van der Waals surface area (Å²) in [6, 6.07) is 18.6. The Morgan fingerprint density at radius 2 is 1.66 bits per heavy atom. The van der Waals surface area contributed by atoms with Gasteiger partial charge < -0.3 is 14.2 Å². The Labute approximate surface area is 228 Å². The number of nitrogens with zero attached hydrogens (tertiary/aromatic N) is 1. The molecule has 3 aromatic carbocycles. The van der Waals surface area contributed by atoms with Crippen LogP contribution in [0.2, 0.25) is 5.02 Å². The number of benzene rings is 3. The Morgan fingerprint density at radius 3 is 2.34 bits per heavy atom. The molecule has 0 radical (unpaired) electrons. The van der Waals surface area contributed by atoms with Crippen LogP contribution in [0.25, 0.3) is 6.08 Å². The van der Waals surface area contributed by atoms with Crippen molar-refractivity contribution in [2.45, 2.75) is 11.8 Å². The molecule has 0 saturated carbocycles. The molecule has 0 aliphatic carbocycles. The first-order chi connectivity index (χ1) is 18.1. The molecule has 0 bridgehead atoms. The fourth-order valence-corrected chi connectivity index (χ4v) is 5.39. The lowest BCUT2D eigenvalue weighted by molar-refractivity contribution is -0.123. The fraction of sp³-hybridized carbons (Fsp3) is 0.115. The molecule has 1 aliphatic rings. The summed E-state index contributed by atoms with van der Waals surface area (Å²) in [5.41, 5.74) is 0.730. The van der Waals surface area contributed by atoms with E-state index in [1.165, 1.54) is 43.3 Å². The predicted octanol–water partition coefficient (Wildman–Crippen LogP) is 5.18. The van der Waals surface area contributed by atoms with E-state index in [2.05, 4.69) is 5.32 Å². The molecule has 196 valence electrons. The Morgan fingerprint density at radius 1 is 1.00 bits per heavy atom. The first-order valence-corrected chi connectivity index (χ1v) is 13.8. The summed E-state index contributed by atoms with van der Waals surface area (Å²) in [5, 5.41) is 2.49. The predicted molar refractivity (Wildman–Crippen MR) is 145 cm³/mol. The third kappa shape index (κ3) is 6.55. The molecule has 0 unspecified atom stereocenters. The summed E-state index contributed by atoms with van der Waals surface area (Å²) >= 11 is 6.79. The summed E-state index contributed by atoms with van der Waals surface area (Å²) in [6.45, 7) is 1.40. The first kappa shape index (κ1) is 27.2. The topological polar surface area (TPSA) is 119 Å². The maximum absolute atomic E-state index is 12.9. The molecule has 0 atom stereocenters. The van der Waals surface area contributed by atoms with Crippen LogP contribution in [0, 0.1) is 0 Å². The quantitative estimate of drug-likeness (QED) is 0.275. The van der Waals surface area contributed by atoms with Gasteiger partial charge >= 0.3 is 10.1 Å². The van der Waals surface area contributed by atoms with Gasteiger partial charge in [-0.25, -0.2) is 0 Å². The van der Waals surface area contributed by atoms with Crippen molar-refractivity contribution in [2.24, 2.45) is 0 Å². The highest BCUT2D eigenvalue weighted by Crippen LogP contribution is 2.34. The van der Waals surface area contributed by atoms with Crippen molar-refractivity contribution in [2.75, 3.05) is 18.5 Å². The lowest BCUT2D eigenvalue weighted by Gasteiger charge is -2.14. The number of nitrogens with one attached hydrogen (secondary N) is 1. The zero-order valence-corrected chi connectivity index (χ0v) is 22.3. The standard InChI is InChI=1S/C26H21ClN2O7S2/c1-17(30)28-19-10-12-20(13-11-19)38(33,34)36-22-8-4-2-6-18(22)16-24-25(31)29(26(32)37-24)14-15-35-23-9-5-3-7-21(23)27/h2-13,16H,14-15H2,1H3,(H,28,30)/b24-16-. The zero-order valence-electron chi connectivity index (χ0n) is 19.9. The number of amides is 3. The van der Waals surface area contributed by atoms with Crippen molar-refractivity contribution in [3.8, 4) is 11.5 Å². The maximum Gasteiger partial charge on any atom is 0.339 e. The van der Waals surface area contributed by atoms with Crippen LogP contribution in [0.4, 0.5) is 10.5 Å². The van der Waals surface area contributed by atoms with E-state index >= 15 is 0 Å². The third-order valence-corrected chi connectivity index (χ3v) is 7.62. The lowest BCUT2D eigenvalue weighted by Crippen LogP contribution is -2.32. The second-order valence-electron chi connectivity index (χ2n) is 7.89. The summed E-state index contributed by atoms with van der Waals surface area (Å²) < 4.78 is 36.7. The van der Waals surface area contributed by atoms with Crippen LogP contribution in [0.1, 0.15) is 12.5 Å². The van der Waals surface area contributed by atoms with Gasteiger partial charge in [-0.2, -0.15) is 8.42 Å². The monoisotopic (exact) mass is 572 g/mol. The molecule has 1 fully saturated rings. The van der Waals surface area contributed by atoms with Gasteiger partial charge in [0.05, 0.1) is 16.5 Å². The van der Waals surface area contributed by atoms with Gasteiger partial charge in [-0.3, -0.25) is 19.3 Å². The summed E-state index contributed by atoms with van der Waals surface area (Å²) in [7, 11) is -4.23. The highest BCUT2D eigenvalue weighted by molar-refractivity contribution is 8.18. The lowest BCUT2D eigenvalue weighted by atomic mass is 10.2. The molecule has 4 rings (SSSR count). The van der Waals surface area contributed by atoms with E-state index in [0.29, 0.717) is 22.0 Å². The second kappa shape index (κ2) is 11.7. The minimum atomic E-state index is -4.23. The highest BCUT2D eigenvalue weighted by Gasteiger charge is 2.35. The molecule has 0 spiro atoms. The van der Waals surface area contributed by atoms with Gasteiger partial charge in [0.25, 0.3) is 11.1 Å². The van der Waals surface area contributed by atoms with E-state index in [4.69, 9.17) is 20.5 Å². The second-order valence-corrected chi connectivity index (χ2v) is 10.8.